The minimum Gasteiger partial charge on any atom is -0.314 e. The molecule has 1 aliphatic rings. The zero-order valence-corrected chi connectivity index (χ0v) is 17.6. The van der Waals surface area contributed by atoms with Gasteiger partial charge in [0.05, 0.1) is 20.1 Å². The van der Waals surface area contributed by atoms with Crippen molar-refractivity contribution in [2.45, 2.75) is 67.2 Å². The summed E-state index contributed by atoms with van der Waals surface area (Å²) in [6.07, 6.45) is 5.51. The molecule has 3 heteroatoms. The molecule has 1 unspecified atom stereocenters. The smallest absolute Gasteiger partial charge is 0.134 e. The van der Waals surface area contributed by atoms with Crippen LogP contribution in [0.5, 0.6) is 0 Å². The predicted octanol–water partition coefficient (Wildman–Crippen LogP) is 4.29. The van der Waals surface area contributed by atoms with E-state index in [1.807, 2.05) is 13.8 Å². The summed E-state index contributed by atoms with van der Waals surface area (Å²) in [6.45, 7) is 22.2. The first-order valence-electron chi connectivity index (χ1n) is 10.1. The van der Waals surface area contributed by atoms with Gasteiger partial charge in [-0.2, -0.15) is 0 Å². The van der Waals surface area contributed by atoms with Crippen molar-refractivity contribution in [1.29, 1.82) is 0 Å². The minimum absolute atomic E-state index is 0.556. The van der Waals surface area contributed by atoms with E-state index in [9.17, 15) is 0 Å². The largest absolute Gasteiger partial charge is 0.314 e. The van der Waals surface area contributed by atoms with E-state index in [-0.39, 0.29) is 0 Å². The highest BCUT2D eigenvalue weighted by Crippen LogP contribution is 2.34. The highest BCUT2D eigenvalue weighted by Gasteiger charge is 2.28. The summed E-state index contributed by atoms with van der Waals surface area (Å²) in [5, 5.41) is 0. The van der Waals surface area contributed by atoms with Crippen LogP contribution in [0.1, 0.15) is 67.2 Å². The van der Waals surface area contributed by atoms with Gasteiger partial charge in [0, 0.05) is 13.1 Å². The van der Waals surface area contributed by atoms with Crippen molar-refractivity contribution in [3.63, 3.8) is 0 Å². The molecule has 0 aliphatic carbocycles. The van der Waals surface area contributed by atoms with Crippen LogP contribution in [0.15, 0.2) is 0 Å². The zero-order valence-electron chi connectivity index (χ0n) is 17.6. The van der Waals surface area contributed by atoms with Crippen molar-refractivity contribution in [1.82, 2.24) is 9.80 Å². The third kappa shape index (κ3) is 8.51. The Kier molecular flexibility index (Phi) is 11.4. The lowest BCUT2D eigenvalue weighted by Gasteiger charge is -2.38. The van der Waals surface area contributed by atoms with Gasteiger partial charge in [0.25, 0.3) is 0 Å². The Balaban J connectivity index is 0.00000232. The van der Waals surface area contributed by atoms with Crippen molar-refractivity contribution in [2.75, 3.05) is 60.0 Å². The molecule has 1 heterocycles. The van der Waals surface area contributed by atoms with Gasteiger partial charge >= 0.3 is 0 Å². The van der Waals surface area contributed by atoms with Crippen molar-refractivity contribution >= 4 is 0 Å². The maximum atomic E-state index is 2.67. The van der Waals surface area contributed by atoms with E-state index in [0.29, 0.717) is 5.41 Å². The van der Waals surface area contributed by atoms with E-state index < -0.39 is 0 Å². The zero-order chi connectivity index (χ0) is 17.9. The summed E-state index contributed by atoms with van der Waals surface area (Å²) in [7, 11) is 4.67. The topological polar surface area (TPSA) is 6.48 Å². The Hall–Kier alpha value is -0.120. The Bertz CT molecular complexity index is 289. The molecule has 0 N–H and O–H groups in total. The lowest BCUT2D eigenvalue weighted by molar-refractivity contribution is -0.915. The van der Waals surface area contributed by atoms with Crippen LogP contribution in [0.2, 0.25) is 0 Å². The first kappa shape index (κ1) is 22.9. The van der Waals surface area contributed by atoms with Gasteiger partial charge in [0.15, 0.2) is 0 Å². The van der Waals surface area contributed by atoms with E-state index in [4.69, 9.17) is 0 Å². The van der Waals surface area contributed by atoms with Crippen LogP contribution >= 0.6 is 0 Å². The van der Waals surface area contributed by atoms with Crippen LogP contribution in [-0.4, -0.2) is 74.3 Å². The number of nitrogens with zero attached hydrogens (tertiary/aromatic N) is 3. The van der Waals surface area contributed by atoms with Gasteiger partial charge < -0.3 is 9.38 Å². The molecule has 0 spiro atoms. The van der Waals surface area contributed by atoms with Gasteiger partial charge in [0.1, 0.15) is 6.67 Å². The van der Waals surface area contributed by atoms with Crippen molar-refractivity contribution in [3.05, 3.63) is 0 Å². The van der Waals surface area contributed by atoms with Gasteiger partial charge in [-0.15, -0.1) is 0 Å². The molecule has 0 amide bonds. The van der Waals surface area contributed by atoms with Gasteiger partial charge in [-0.25, -0.2) is 0 Å². The molecule has 0 aromatic heterocycles. The van der Waals surface area contributed by atoms with Crippen LogP contribution in [-0.2, 0) is 0 Å². The van der Waals surface area contributed by atoms with Crippen LogP contribution in [0.3, 0.4) is 0 Å². The Morgan fingerprint density at radius 1 is 1.04 bits per heavy atom. The first-order chi connectivity index (χ1) is 10.9. The fraction of sp³-hybridized carbons (Fsp3) is 1.00. The molecule has 0 radical (unpaired) electrons. The number of hydrogen-bond acceptors (Lipinski definition) is 2. The molecule has 140 valence electrons. The Labute approximate surface area is 147 Å². The lowest BCUT2D eigenvalue weighted by atomic mass is 9.79. The normalized spacial score (nSPS) is 23.3. The minimum atomic E-state index is 0.556. The van der Waals surface area contributed by atoms with E-state index in [1.54, 1.807) is 0 Å². The Morgan fingerprint density at radius 3 is 2.17 bits per heavy atom. The summed E-state index contributed by atoms with van der Waals surface area (Å²) in [5.41, 5.74) is 0.556. The fourth-order valence-electron chi connectivity index (χ4n) is 3.39. The summed E-state index contributed by atoms with van der Waals surface area (Å²) in [5.74, 6) is 0. The van der Waals surface area contributed by atoms with Crippen LogP contribution in [0, 0.1) is 5.41 Å². The van der Waals surface area contributed by atoms with Gasteiger partial charge in [-0.1, -0.05) is 27.7 Å². The quantitative estimate of drug-likeness (QED) is 0.484. The maximum Gasteiger partial charge on any atom is 0.134 e. The second-order valence-corrected chi connectivity index (χ2v) is 7.82. The second kappa shape index (κ2) is 11.4. The average Bonchev–Trinajstić information content (AvgIpc) is 2.75. The Morgan fingerprint density at radius 2 is 1.65 bits per heavy atom. The third-order valence-corrected chi connectivity index (χ3v) is 5.96. The van der Waals surface area contributed by atoms with Crippen molar-refractivity contribution in [3.8, 4) is 0 Å². The molecule has 1 atom stereocenters. The third-order valence-electron chi connectivity index (χ3n) is 5.96. The molecule has 23 heavy (non-hydrogen) atoms. The number of likely N-dealkylation sites (tertiary alicyclic amines) is 1. The molecule has 1 rings (SSSR count). The van der Waals surface area contributed by atoms with E-state index in [0.717, 1.165) is 0 Å². The van der Waals surface area contributed by atoms with E-state index >= 15 is 0 Å². The van der Waals surface area contributed by atoms with Crippen LogP contribution in [0.4, 0.5) is 0 Å². The van der Waals surface area contributed by atoms with Crippen molar-refractivity contribution < 1.29 is 4.48 Å². The molecule has 1 saturated heterocycles. The number of quaternary nitrogens is 1. The fourth-order valence-corrected chi connectivity index (χ4v) is 3.39. The molecular weight excluding hydrogens is 282 g/mol. The monoisotopic (exact) mass is 328 g/mol. The highest BCUT2D eigenvalue weighted by molar-refractivity contribution is 4.80. The van der Waals surface area contributed by atoms with Gasteiger partial charge in [0.2, 0.25) is 0 Å². The second-order valence-electron chi connectivity index (χ2n) is 7.82. The molecule has 3 nitrogen and oxygen atoms in total. The molecule has 0 aromatic rings. The molecule has 1 aliphatic heterocycles. The standard InChI is InChI=1S/C18H40N3.C2H6/c1-7-20(17-21(6,8-2)9-3)16-13-18(4)11-10-14-19(5)15-12-18;1-2/h7-17H2,1-6H3;1-2H3/q+1;. The number of rotatable bonds is 8. The predicted molar refractivity (Wildman–Crippen MR) is 105 cm³/mol. The molecule has 0 bridgehead atoms. The highest BCUT2D eigenvalue weighted by atomic mass is 15.4. The van der Waals surface area contributed by atoms with Crippen molar-refractivity contribution in [2.24, 2.45) is 5.41 Å². The summed E-state index contributed by atoms with van der Waals surface area (Å²) >= 11 is 0. The van der Waals surface area contributed by atoms with Crippen LogP contribution < -0.4 is 0 Å². The lowest BCUT2D eigenvalue weighted by Crippen LogP contribution is -2.51. The van der Waals surface area contributed by atoms with E-state index in [2.05, 4.69) is 51.6 Å². The maximum absolute atomic E-state index is 2.67. The molecule has 0 saturated carbocycles. The SMILES string of the molecule is CC.CCN(CCC1(C)CCCN(C)CC1)C[N+](C)(CC)CC. The van der Waals surface area contributed by atoms with Gasteiger partial charge in [-0.05, 0) is 65.1 Å². The first-order valence-corrected chi connectivity index (χ1v) is 10.1. The summed E-state index contributed by atoms with van der Waals surface area (Å²) in [4.78, 5) is 5.18. The molecule has 0 aromatic carbocycles. The van der Waals surface area contributed by atoms with Crippen LogP contribution in [0.25, 0.3) is 0 Å². The summed E-state index contributed by atoms with van der Waals surface area (Å²) < 4.78 is 1.17. The number of hydrogen-bond donors (Lipinski definition) is 0. The van der Waals surface area contributed by atoms with Gasteiger partial charge in [-0.3, -0.25) is 4.90 Å². The average molecular weight is 329 g/mol. The molecule has 1 fully saturated rings. The van der Waals surface area contributed by atoms with E-state index in [1.165, 1.54) is 76.1 Å². The molecular formula is C20H46N3+. The summed E-state index contributed by atoms with van der Waals surface area (Å²) in [6, 6.07) is 0.